The summed E-state index contributed by atoms with van der Waals surface area (Å²) in [5.41, 5.74) is 1.45. The lowest BCUT2D eigenvalue weighted by atomic mass is 10.0. The third kappa shape index (κ3) is 4.11. The first-order chi connectivity index (χ1) is 11.6. The Kier molecular flexibility index (Phi) is 5.79. The third-order valence-corrected chi connectivity index (χ3v) is 4.66. The molecule has 0 saturated carbocycles. The normalized spacial score (nSPS) is 16.8. The van der Waals surface area contributed by atoms with Crippen LogP contribution in [-0.2, 0) is 4.74 Å². The number of carbonyl (C=O) groups excluding carboxylic acids is 1. The van der Waals surface area contributed by atoms with Crippen molar-refractivity contribution in [1.82, 2.24) is 15.2 Å². The van der Waals surface area contributed by atoms with Crippen molar-refractivity contribution < 1.29 is 9.53 Å². The van der Waals surface area contributed by atoms with Crippen molar-refractivity contribution in [3.63, 3.8) is 0 Å². The molecule has 1 amide bonds. The number of halogens is 2. The van der Waals surface area contributed by atoms with E-state index in [4.69, 9.17) is 27.9 Å². The van der Waals surface area contributed by atoms with E-state index in [1.54, 1.807) is 12.3 Å². The van der Waals surface area contributed by atoms with Gasteiger partial charge in [0.05, 0.1) is 24.3 Å². The second-order valence-electron chi connectivity index (χ2n) is 5.63. The number of aromatic amines is 1. The standard InChI is InChI=1S/C17H19Cl2N3O2/c18-12-9-15(20-10-12)17(23)21-11-16(22-5-7-24-8-6-22)13-3-1-2-4-14(13)19/h1-4,9-10,16,20H,5-8,11H2,(H,21,23)/t16-/m1/s1. The maximum absolute atomic E-state index is 12.3. The summed E-state index contributed by atoms with van der Waals surface area (Å²) < 4.78 is 5.43. The van der Waals surface area contributed by atoms with Crippen LogP contribution in [0.2, 0.25) is 10.0 Å². The monoisotopic (exact) mass is 367 g/mol. The molecular formula is C17H19Cl2N3O2. The van der Waals surface area contributed by atoms with Gasteiger partial charge in [-0.2, -0.15) is 0 Å². The summed E-state index contributed by atoms with van der Waals surface area (Å²) in [7, 11) is 0. The van der Waals surface area contributed by atoms with Gasteiger partial charge in [-0.15, -0.1) is 0 Å². The van der Waals surface area contributed by atoms with Crippen molar-refractivity contribution >= 4 is 29.1 Å². The number of morpholine rings is 1. The fourth-order valence-electron chi connectivity index (χ4n) is 2.85. The fourth-order valence-corrected chi connectivity index (χ4v) is 3.28. The Labute approximate surface area is 150 Å². The zero-order valence-corrected chi connectivity index (χ0v) is 14.6. The molecule has 5 nitrogen and oxygen atoms in total. The predicted octanol–water partition coefficient (Wildman–Crippen LogP) is 3.12. The summed E-state index contributed by atoms with van der Waals surface area (Å²) in [6.07, 6.45) is 1.59. The molecule has 1 aliphatic rings. The molecule has 24 heavy (non-hydrogen) atoms. The lowest BCUT2D eigenvalue weighted by Gasteiger charge is -2.35. The first kappa shape index (κ1) is 17.3. The number of rotatable bonds is 5. The molecule has 2 N–H and O–H groups in total. The molecule has 1 aromatic heterocycles. The minimum atomic E-state index is -0.188. The molecule has 1 atom stereocenters. The zero-order chi connectivity index (χ0) is 16.9. The van der Waals surface area contributed by atoms with Crippen LogP contribution in [0.25, 0.3) is 0 Å². The predicted molar refractivity (Wildman–Crippen MR) is 94.7 cm³/mol. The maximum atomic E-state index is 12.3. The lowest BCUT2D eigenvalue weighted by Crippen LogP contribution is -2.44. The SMILES string of the molecule is O=C(NC[C@H](c1ccccc1Cl)N1CCOCC1)c1cc(Cl)c[nH]1. The van der Waals surface area contributed by atoms with Crippen LogP contribution in [0.3, 0.4) is 0 Å². The number of hydrogen-bond acceptors (Lipinski definition) is 3. The van der Waals surface area contributed by atoms with Gasteiger partial charge < -0.3 is 15.0 Å². The molecule has 0 unspecified atom stereocenters. The number of ether oxygens (including phenoxy) is 1. The summed E-state index contributed by atoms with van der Waals surface area (Å²) in [5.74, 6) is -0.188. The molecule has 128 valence electrons. The second-order valence-corrected chi connectivity index (χ2v) is 6.47. The Bertz CT molecular complexity index is 699. The minimum absolute atomic E-state index is 0.00279. The smallest absolute Gasteiger partial charge is 0.267 e. The van der Waals surface area contributed by atoms with E-state index in [0.29, 0.717) is 35.5 Å². The number of nitrogens with zero attached hydrogens (tertiary/aromatic N) is 1. The van der Waals surface area contributed by atoms with Gasteiger partial charge in [-0.05, 0) is 17.7 Å². The summed E-state index contributed by atoms with van der Waals surface area (Å²) in [5, 5.41) is 4.18. The summed E-state index contributed by atoms with van der Waals surface area (Å²) in [4.78, 5) is 17.4. The van der Waals surface area contributed by atoms with Gasteiger partial charge in [-0.25, -0.2) is 0 Å². The van der Waals surface area contributed by atoms with E-state index in [-0.39, 0.29) is 11.9 Å². The van der Waals surface area contributed by atoms with E-state index >= 15 is 0 Å². The lowest BCUT2D eigenvalue weighted by molar-refractivity contribution is 0.0162. The summed E-state index contributed by atoms with van der Waals surface area (Å²) >= 11 is 12.2. The molecule has 2 aromatic rings. The molecule has 1 aromatic carbocycles. The van der Waals surface area contributed by atoms with Crippen molar-refractivity contribution in [2.45, 2.75) is 6.04 Å². The number of amides is 1. The van der Waals surface area contributed by atoms with Crippen molar-refractivity contribution in [2.75, 3.05) is 32.8 Å². The van der Waals surface area contributed by atoms with Crippen LogP contribution >= 0.6 is 23.2 Å². The molecular weight excluding hydrogens is 349 g/mol. The van der Waals surface area contributed by atoms with E-state index in [9.17, 15) is 4.79 Å². The number of hydrogen-bond donors (Lipinski definition) is 2. The Hall–Kier alpha value is -1.53. The van der Waals surface area contributed by atoms with E-state index in [1.165, 1.54) is 0 Å². The Morgan fingerprint density at radius 2 is 2.04 bits per heavy atom. The largest absolute Gasteiger partial charge is 0.379 e. The topological polar surface area (TPSA) is 57.4 Å². The fraction of sp³-hybridized carbons (Fsp3) is 0.353. The first-order valence-corrected chi connectivity index (χ1v) is 8.59. The van der Waals surface area contributed by atoms with Gasteiger partial charge in [-0.1, -0.05) is 41.4 Å². The van der Waals surface area contributed by atoms with Crippen molar-refractivity contribution in [3.8, 4) is 0 Å². The number of aromatic nitrogens is 1. The van der Waals surface area contributed by atoms with Crippen molar-refractivity contribution in [3.05, 3.63) is 57.8 Å². The van der Waals surface area contributed by atoms with E-state index in [0.717, 1.165) is 18.7 Å². The average molecular weight is 368 g/mol. The number of benzene rings is 1. The number of carbonyl (C=O) groups is 1. The van der Waals surface area contributed by atoms with Crippen LogP contribution in [0.5, 0.6) is 0 Å². The molecule has 0 spiro atoms. The van der Waals surface area contributed by atoms with Crippen LogP contribution in [0.1, 0.15) is 22.1 Å². The Morgan fingerprint density at radius 1 is 1.29 bits per heavy atom. The quantitative estimate of drug-likeness (QED) is 0.853. The van der Waals surface area contributed by atoms with Gasteiger partial charge >= 0.3 is 0 Å². The highest BCUT2D eigenvalue weighted by molar-refractivity contribution is 6.31. The molecule has 0 bridgehead atoms. The number of nitrogens with one attached hydrogen (secondary N) is 2. The van der Waals surface area contributed by atoms with Gasteiger partial charge in [0.2, 0.25) is 0 Å². The number of H-pyrrole nitrogens is 1. The minimum Gasteiger partial charge on any atom is -0.379 e. The van der Waals surface area contributed by atoms with E-state index in [2.05, 4.69) is 15.2 Å². The Balaban J connectivity index is 1.74. The molecule has 3 rings (SSSR count). The van der Waals surface area contributed by atoms with Gasteiger partial charge in [-0.3, -0.25) is 9.69 Å². The van der Waals surface area contributed by atoms with Crippen LogP contribution in [0, 0.1) is 0 Å². The highest BCUT2D eigenvalue weighted by atomic mass is 35.5. The molecule has 1 aliphatic heterocycles. The van der Waals surface area contributed by atoms with Gasteiger partial charge in [0.1, 0.15) is 5.69 Å². The highest BCUT2D eigenvalue weighted by Gasteiger charge is 2.25. The molecule has 7 heteroatoms. The third-order valence-electron chi connectivity index (χ3n) is 4.10. The van der Waals surface area contributed by atoms with Crippen LogP contribution in [-0.4, -0.2) is 48.6 Å². The van der Waals surface area contributed by atoms with Crippen LogP contribution in [0.4, 0.5) is 0 Å². The summed E-state index contributed by atoms with van der Waals surface area (Å²) in [6.45, 7) is 3.43. The molecule has 0 radical (unpaired) electrons. The van der Waals surface area contributed by atoms with E-state index in [1.807, 2.05) is 24.3 Å². The second kappa shape index (κ2) is 8.03. The summed E-state index contributed by atoms with van der Waals surface area (Å²) in [6, 6.07) is 9.34. The molecule has 0 aliphatic carbocycles. The van der Waals surface area contributed by atoms with Gasteiger partial charge in [0.25, 0.3) is 5.91 Å². The molecule has 1 fully saturated rings. The Morgan fingerprint density at radius 3 is 2.71 bits per heavy atom. The maximum Gasteiger partial charge on any atom is 0.267 e. The van der Waals surface area contributed by atoms with Gasteiger partial charge in [0.15, 0.2) is 0 Å². The van der Waals surface area contributed by atoms with Crippen LogP contribution < -0.4 is 5.32 Å². The van der Waals surface area contributed by atoms with E-state index < -0.39 is 0 Å². The molecule has 1 saturated heterocycles. The van der Waals surface area contributed by atoms with Crippen LogP contribution in [0.15, 0.2) is 36.5 Å². The average Bonchev–Trinajstić information content (AvgIpc) is 3.04. The van der Waals surface area contributed by atoms with Crippen molar-refractivity contribution in [2.24, 2.45) is 0 Å². The van der Waals surface area contributed by atoms with Gasteiger partial charge in [0, 0.05) is 30.9 Å². The first-order valence-electron chi connectivity index (χ1n) is 7.83. The molecule has 2 heterocycles. The highest BCUT2D eigenvalue weighted by Crippen LogP contribution is 2.27. The zero-order valence-electron chi connectivity index (χ0n) is 13.1. The van der Waals surface area contributed by atoms with Crippen molar-refractivity contribution in [1.29, 1.82) is 0 Å².